The fourth-order valence-electron chi connectivity index (χ4n) is 1.47. The fourth-order valence-corrected chi connectivity index (χ4v) is 1.47. The van der Waals surface area contributed by atoms with Gasteiger partial charge in [0.1, 0.15) is 5.75 Å². The number of aromatic nitrogens is 2. The van der Waals surface area contributed by atoms with Gasteiger partial charge in [0.2, 0.25) is 5.88 Å². The predicted octanol–water partition coefficient (Wildman–Crippen LogP) is 2.75. The summed E-state index contributed by atoms with van der Waals surface area (Å²) in [6, 6.07) is 6.60. The lowest BCUT2D eigenvalue weighted by atomic mass is 10.1. The van der Waals surface area contributed by atoms with Crippen molar-refractivity contribution in [3.05, 3.63) is 47.7 Å². The largest absolute Gasteiger partial charge is 0.437 e. The van der Waals surface area contributed by atoms with Crippen molar-refractivity contribution in [1.29, 1.82) is 0 Å². The zero-order chi connectivity index (χ0) is 13.9. The number of rotatable bonds is 3. The topological polar surface area (TPSA) is 61.0 Å². The average Bonchev–Trinajstić information content (AvgIpc) is 2.39. The van der Waals surface area contributed by atoms with Crippen LogP contribution in [-0.4, -0.2) is 10.2 Å². The highest BCUT2D eigenvalue weighted by Crippen LogP contribution is 2.38. The highest BCUT2D eigenvalue weighted by atomic mass is 19.4. The molecule has 0 spiro atoms. The minimum atomic E-state index is -4.53. The van der Waals surface area contributed by atoms with Gasteiger partial charge in [0.15, 0.2) is 0 Å². The van der Waals surface area contributed by atoms with E-state index in [1.807, 2.05) is 0 Å². The summed E-state index contributed by atoms with van der Waals surface area (Å²) in [4.78, 5) is 0. The van der Waals surface area contributed by atoms with Crippen LogP contribution in [0.1, 0.15) is 11.1 Å². The second-order valence-corrected chi connectivity index (χ2v) is 3.70. The van der Waals surface area contributed by atoms with Crippen molar-refractivity contribution < 1.29 is 17.9 Å². The molecule has 0 bridgehead atoms. The second-order valence-electron chi connectivity index (χ2n) is 3.70. The maximum Gasteiger partial charge on any atom is 0.419 e. The highest BCUT2D eigenvalue weighted by Gasteiger charge is 2.34. The lowest BCUT2D eigenvalue weighted by Gasteiger charge is -2.14. The van der Waals surface area contributed by atoms with Crippen molar-refractivity contribution in [3.63, 3.8) is 0 Å². The highest BCUT2D eigenvalue weighted by molar-refractivity contribution is 5.41. The Bertz CT molecular complexity index is 558. The van der Waals surface area contributed by atoms with Gasteiger partial charge in [-0.3, -0.25) is 0 Å². The number of nitrogens with two attached hydrogens (primary N) is 1. The van der Waals surface area contributed by atoms with E-state index in [0.29, 0.717) is 5.56 Å². The summed E-state index contributed by atoms with van der Waals surface area (Å²) >= 11 is 0. The molecule has 0 aliphatic carbocycles. The number of benzene rings is 1. The zero-order valence-electron chi connectivity index (χ0n) is 9.69. The van der Waals surface area contributed by atoms with Crippen LogP contribution in [0.4, 0.5) is 13.2 Å². The van der Waals surface area contributed by atoms with Crippen LogP contribution >= 0.6 is 0 Å². The van der Waals surface area contributed by atoms with Crippen LogP contribution in [0.5, 0.6) is 11.6 Å². The summed E-state index contributed by atoms with van der Waals surface area (Å²) in [5, 5.41) is 7.11. The Morgan fingerprint density at radius 3 is 2.58 bits per heavy atom. The van der Waals surface area contributed by atoms with Crippen LogP contribution in [0.2, 0.25) is 0 Å². The van der Waals surface area contributed by atoms with Gasteiger partial charge in [-0.05, 0) is 23.8 Å². The van der Waals surface area contributed by atoms with Crippen molar-refractivity contribution >= 4 is 0 Å². The summed E-state index contributed by atoms with van der Waals surface area (Å²) in [5.41, 5.74) is 4.82. The molecule has 1 aromatic heterocycles. The Morgan fingerprint density at radius 1 is 1.21 bits per heavy atom. The van der Waals surface area contributed by atoms with E-state index < -0.39 is 11.7 Å². The first-order valence-corrected chi connectivity index (χ1v) is 5.36. The summed E-state index contributed by atoms with van der Waals surface area (Å²) in [5.74, 6) is -0.335. The van der Waals surface area contributed by atoms with Crippen molar-refractivity contribution in [2.24, 2.45) is 5.73 Å². The monoisotopic (exact) mass is 269 g/mol. The predicted molar refractivity (Wildman–Crippen MR) is 61.4 cm³/mol. The van der Waals surface area contributed by atoms with E-state index in [2.05, 4.69) is 10.2 Å². The molecule has 4 nitrogen and oxygen atoms in total. The summed E-state index contributed by atoms with van der Waals surface area (Å²) < 4.78 is 43.8. The lowest BCUT2D eigenvalue weighted by molar-refractivity contribution is -0.138. The second kappa shape index (κ2) is 5.23. The maximum atomic E-state index is 12.9. The van der Waals surface area contributed by atoms with Crippen LogP contribution in [0.25, 0.3) is 0 Å². The molecule has 2 rings (SSSR count). The molecule has 0 aliphatic rings. The maximum absolute atomic E-state index is 12.9. The number of nitrogens with zero attached hydrogens (tertiary/aromatic N) is 2. The average molecular weight is 269 g/mol. The third-order valence-electron chi connectivity index (χ3n) is 2.35. The zero-order valence-corrected chi connectivity index (χ0v) is 9.69. The third kappa shape index (κ3) is 3.19. The van der Waals surface area contributed by atoms with Crippen molar-refractivity contribution in [3.8, 4) is 11.6 Å². The summed E-state index contributed by atoms with van der Waals surface area (Å²) in [6.45, 7) is 0.0223. The van der Waals surface area contributed by atoms with Crippen LogP contribution in [0.3, 0.4) is 0 Å². The SMILES string of the molecule is NCc1ccc(Oc2cccnn2)c(C(F)(F)F)c1. The van der Waals surface area contributed by atoms with Gasteiger partial charge in [-0.1, -0.05) is 6.07 Å². The van der Waals surface area contributed by atoms with E-state index in [1.165, 1.54) is 30.5 Å². The molecule has 2 N–H and O–H groups in total. The van der Waals surface area contributed by atoms with Gasteiger partial charge in [-0.25, -0.2) is 0 Å². The van der Waals surface area contributed by atoms with Gasteiger partial charge in [0.25, 0.3) is 0 Å². The molecule has 0 amide bonds. The van der Waals surface area contributed by atoms with Gasteiger partial charge in [0.05, 0.1) is 5.56 Å². The van der Waals surface area contributed by atoms with Crippen molar-refractivity contribution in [2.75, 3.05) is 0 Å². The van der Waals surface area contributed by atoms with Crippen LogP contribution in [0.15, 0.2) is 36.5 Å². The van der Waals surface area contributed by atoms with E-state index in [0.717, 1.165) is 6.07 Å². The molecule has 0 saturated heterocycles. The summed E-state index contributed by atoms with van der Waals surface area (Å²) in [6.07, 6.45) is -3.13. The van der Waals surface area contributed by atoms with E-state index in [9.17, 15) is 13.2 Å². The van der Waals surface area contributed by atoms with E-state index in [4.69, 9.17) is 10.5 Å². The van der Waals surface area contributed by atoms with Gasteiger partial charge in [-0.15, -0.1) is 5.10 Å². The van der Waals surface area contributed by atoms with E-state index >= 15 is 0 Å². The molecule has 2 aromatic rings. The smallest absolute Gasteiger partial charge is 0.419 e. The fraction of sp³-hybridized carbons (Fsp3) is 0.167. The molecular formula is C12H10F3N3O. The Balaban J connectivity index is 2.40. The number of ether oxygens (including phenoxy) is 1. The van der Waals surface area contributed by atoms with Crippen LogP contribution < -0.4 is 10.5 Å². The lowest BCUT2D eigenvalue weighted by Crippen LogP contribution is -2.09. The Morgan fingerprint density at radius 2 is 2.00 bits per heavy atom. The minimum Gasteiger partial charge on any atom is -0.437 e. The Hall–Kier alpha value is -2.15. The normalized spacial score (nSPS) is 11.4. The molecule has 0 atom stereocenters. The number of hydrogen-bond acceptors (Lipinski definition) is 4. The molecule has 7 heteroatoms. The molecule has 19 heavy (non-hydrogen) atoms. The quantitative estimate of drug-likeness (QED) is 0.930. The molecule has 0 aliphatic heterocycles. The standard InChI is InChI=1S/C12H10F3N3O/c13-12(14,15)9-6-8(7-16)3-4-10(9)19-11-2-1-5-17-18-11/h1-6H,7,16H2. The summed E-state index contributed by atoms with van der Waals surface area (Å²) in [7, 11) is 0. The first kappa shape index (κ1) is 13.3. The molecule has 0 unspecified atom stereocenters. The molecular weight excluding hydrogens is 259 g/mol. The van der Waals surface area contributed by atoms with Crippen molar-refractivity contribution in [1.82, 2.24) is 10.2 Å². The molecule has 1 heterocycles. The molecule has 100 valence electrons. The molecule has 0 radical (unpaired) electrons. The third-order valence-corrected chi connectivity index (χ3v) is 2.35. The number of halogens is 3. The Labute approximate surface area is 107 Å². The van der Waals surface area contributed by atoms with Gasteiger partial charge in [-0.2, -0.15) is 18.3 Å². The van der Waals surface area contributed by atoms with Gasteiger partial charge >= 0.3 is 6.18 Å². The molecule has 0 saturated carbocycles. The van der Waals surface area contributed by atoms with Gasteiger partial charge < -0.3 is 10.5 Å². The first-order valence-electron chi connectivity index (χ1n) is 5.36. The first-order chi connectivity index (χ1) is 9.00. The number of hydrogen-bond donors (Lipinski definition) is 1. The van der Waals surface area contributed by atoms with Crippen LogP contribution in [0, 0.1) is 0 Å². The van der Waals surface area contributed by atoms with Gasteiger partial charge in [0, 0.05) is 18.8 Å². The minimum absolute atomic E-state index is 0.00602. The van der Waals surface area contributed by atoms with E-state index in [-0.39, 0.29) is 18.2 Å². The van der Waals surface area contributed by atoms with E-state index in [1.54, 1.807) is 0 Å². The molecule has 0 fully saturated rings. The van der Waals surface area contributed by atoms with Crippen LogP contribution in [-0.2, 0) is 12.7 Å². The van der Waals surface area contributed by atoms with Crippen molar-refractivity contribution in [2.45, 2.75) is 12.7 Å². The number of alkyl halides is 3. The molecule has 1 aromatic carbocycles. The Kier molecular flexibility index (Phi) is 3.66.